The molecule has 0 aliphatic heterocycles. The molecule has 6 heteroatoms. The number of ether oxygens (including phenoxy) is 1. The Morgan fingerprint density at radius 1 is 1.18 bits per heavy atom. The minimum Gasteiger partial charge on any atom is -0.497 e. The van der Waals surface area contributed by atoms with Gasteiger partial charge in [0, 0.05) is 30.0 Å². The number of aromatic nitrogens is 3. The quantitative estimate of drug-likeness (QED) is 0.796. The van der Waals surface area contributed by atoms with E-state index in [4.69, 9.17) is 4.74 Å². The molecule has 3 aromatic rings. The lowest BCUT2D eigenvalue weighted by molar-refractivity contribution is 0.0950. The van der Waals surface area contributed by atoms with Gasteiger partial charge in [-0.2, -0.15) is 0 Å². The minimum atomic E-state index is -0.198. The molecule has 0 saturated carbocycles. The normalized spacial score (nSPS) is 10.4. The average Bonchev–Trinajstić information content (AvgIpc) is 2.59. The summed E-state index contributed by atoms with van der Waals surface area (Å²) in [5.74, 6) is 0.538. The molecule has 6 nitrogen and oxygen atoms in total. The lowest BCUT2D eigenvalue weighted by Crippen LogP contribution is -2.23. The number of hydrogen-bond donors (Lipinski definition) is 1. The first-order valence-corrected chi connectivity index (χ1v) is 6.73. The molecular formula is C16H14N4O2. The molecule has 0 saturated heterocycles. The first kappa shape index (κ1) is 13.9. The lowest BCUT2D eigenvalue weighted by atomic mass is 10.1. The van der Waals surface area contributed by atoms with E-state index in [1.807, 2.05) is 18.2 Å². The summed E-state index contributed by atoms with van der Waals surface area (Å²) in [5.41, 5.74) is 1.99. The first-order valence-electron chi connectivity index (χ1n) is 6.73. The Balaban J connectivity index is 1.76. The van der Waals surface area contributed by atoms with Crippen LogP contribution in [0.4, 0.5) is 0 Å². The monoisotopic (exact) mass is 294 g/mol. The van der Waals surface area contributed by atoms with Gasteiger partial charge in [-0.15, -0.1) is 0 Å². The molecule has 0 spiro atoms. The van der Waals surface area contributed by atoms with Gasteiger partial charge in [0.2, 0.25) is 0 Å². The number of nitrogens with one attached hydrogen (secondary N) is 1. The van der Waals surface area contributed by atoms with Crippen LogP contribution in [-0.4, -0.2) is 28.0 Å². The van der Waals surface area contributed by atoms with Crippen molar-refractivity contribution in [2.75, 3.05) is 7.11 Å². The predicted molar refractivity (Wildman–Crippen MR) is 81.5 cm³/mol. The van der Waals surface area contributed by atoms with E-state index in [1.165, 1.54) is 0 Å². The number of hydrogen-bond acceptors (Lipinski definition) is 5. The largest absolute Gasteiger partial charge is 0.497 e. The van der Waals surface area contributed by atoms with E-state index in [-0.39, 0.29) is 5.91 Å². The van der Waals surface area contributed by atoms with Crippen LogP contribution in [0.3, 0.4) is 0 Å². The van der Waals surface area contributed by atoms with Crippen molar-refractivity contribution in [3.05, 3.63) is 60.3 Å². The topological polar surface area (TPSA) is 77.0 Å². The van der Waals surface area contributed by atoms with Crippen LogP contribution in [-0.2, 0) is 6.54 Å². The Hall–Kier alpha value is -3.02. The lowest BCUT2D eigenvalue weighted by Gasteiger charge is -2.06. The highest BCUT2D eigenvalue weighted by molar-refractivity contribution is 5.97. The van der Waals surface area contributed by atoms with Crippen LogP contribution in [0.5, 0.6) is 5.75 Å². The molecule has 1 aromatic carbocycles. The molecule has 0 bridgehead atoms. The Morgan fingerprint density at radius 2 is 2.09 bits per heavy atom. The second-order valence-electron chi connectivity index (χ2n) is 4.66. The van der Waals surface area contributed by atoms with Gasteiger partial charge in [0.15, 0.2) is 0 Å². The van der Waals surface area contributed by atoms with Crippen LogP contribution < -0.4 is 10.1 Å². The number of carbonyl (C=O) groups excluding carboxylic acids is 1. The van der Waals surface area contributed by atoms with E-state index in [0.29, 0.717) is 17.8 Å². The summed E-state index contributed by atoms with van der Waals surface area (Å²) in [6, 6.07) is 7.34. The SMILES string of the molecule is COc1ccc2cc(C(=O)NCc3cnccn3)cnc2c1. The van der Waals surface area contributed by atoms with Gasteiger partial charge in [0.25, 0.3) is 5.91 Å². The van der Waals surface area contributed by atoms with Crippen LogP contribution in [0.1, 0.15) is 16.1 Å². The fourth-order valence-electron chi connectivity index (χ4n) is 2.05. The van der Waals surface area contributed by atoms with Gasteiger partial charge in [-0.25, -0.2) is 0 Å². The number of fused-ring (bicyclic) bond motifs is 1. The standard InChI is InChI=1S/C16H14N4O2/c1-22-14-3-2-11-6-12(8-19-15(11)7-14)16(21)20-10-13-9-17-4-5-18-13/h2-9H,10H2,1H3,(H,20,21). The van der Waals surface area contributed by atoms with Crippen molar-refractivity contribution in [2.24, 2.45) is 0 Å². The van der Waals surface area contributed by atoms with Crippen LogP contribution in [0, 0.1) is 0 Å². The van der Waals surface area contributed by atoms with Gasteiger partial charge in [-0.05, 0) is 18.2 Å². The van der Waals surface area contributed by atoms with Gasteiger partial charge in [-0.1, -0.05) is 0 Å². The molecule has 0 unspecified atom stereocenters. The highest BCUT2D eigenvalue weighted by atomic mass is 16.5. The number of carbonyl (C=O) groups is 1. The number of benzene rings is 1. The third-order valence-corrected chi connectivity index (χ3v) is 3.20. The van der Waals surface area contributed by atoms with E-state index >= 15 is 0 Å². The van der Waals surface area contributed by atoms with E-state index in [9.17, 15) is 4.79 Å². The molecule has 0 radical (unpaired) electrons. The fourth-order valence-corrected chi connectivity index (χ4v) is 2.05. The number of nitrogens with zero attached hydrogens (tertiary/aromatic N) is 3. The van der Waals surface area contributed by atoms with Crippen LogP contribution >= 0.6 is 0 Å². The summed E-state index contributed by atoms with van der Waals surface area (Å²) in [6.07, 6.45) is 6.35. The molecule has 0 aliphatic carbocycles. The summed E-state index contributed by atoms with van der Waals surface area (Å²) < 4.78 is 5.16. The first-order chi connectivity index (χ1) is 10.8. The van der Waals surface area contributed by atoms with Gasteiger partial charge in [0.05, 0.1) is 36.6 Å². The number of pyridine rings is 1. The number of rotatable bonds is 4. The van der Waals surface area contributed by atoms with E-state index < -0.39 is 0 Å². The van der Waals surface area contributed by atoms with Crippen molar-refractivity contribution < 1.29 is 9.53 Å². The zero-order valence-corrected chi connectivity index (χ0v) is 12.0. The van der Waals surface area contributed by atoms with Crippen molar-refractivity contribution >= 4 is 16.8 Å². The summed E-state index contributed by atoms with van der Waals surface area (Å²) in [6.45, 7) is 0.327. The van der Waals surface area contributed by atoms with Gasteiger partial charge >= 0.3 is 0 Å². The number of methoxy groups -OCH3 is 1. The maximum atomic E-state index is 12.2. The molecule has 2 aromatic heterocycles. The zero-order chi connectivity index (χ0) is 15.4. The van der Waals surface area contributed by atoms with Crippen molar-refractivity contribution in [1.29, 1.82) is 0 Å². The predicted octanol–water partition coefficient (Wildman–Crippen LogP) is 1.96. The number of amides is 1. The van der Waals surface area contributed by atoms with E-state index in [0.717, 1.165) is 16.7 Å². The van der Waals surface area contributed by atoms with Crippen molar-refractivity contribution in [1.82, 2.24) is 20.3 Å². The molecule has 1 amide bonds. The summed E-state index contributed by atoms with van der Waals surface area (Å²) in [5, 5.41) is 3.68. The molecule has 1 N–H and O–H groups in total. The molecule has 0 fully saturated rings. The Labute approximate surface area is 127 Å². The molecule has 3 rings (SSSR count). The van der Waals surface area contributed by atoms with Gasteiger partial charge < -0.3 is 10.1 Å². The highest BCUT2D eigenvalue weighted by Gasteiger charge is 2.08. The minimum absolute atomic E-state index is 0.198. The van der Waals surface area contributed by atoms with Crippen molar-refractivity contribution in [3.8, 4) is 5.75 Å². The van der Waals surface area contributed by atoms with E-state index in [1.54, 1.807) is 38.0 Å². The molecular weight excluding hydrogens is 280 g/mol. The van der Waals surface area contributed by atoms with Crippen LogP contribution in [0.25, 0.3) is 10.9 Å². The van der Waals surface area contributed by atoms with Crippen LogP contribution in [0.2, 0.25) is 0 Å². The second-order valence-corrected chi connectivity index (χ2v) is 4.66. The molecule has 110 valence electrons. The summed E-state index contributed by atoms with van der Waals surface area (Å²) in [7, 11) is 1.61. The third kappa shape index (κ3) is 3.01. The van der Waals surface area contributed by atoms with Crippen LogP contribution in [0.15, 0.2) is 49.1 Å². The summed E-state index contributed by atoms with van der Waals surface area (Å²) >= 11 is 0. The Bertz CT molecular complexity index is 806. The van der Waals surface area contributed by atoms with Crippen molar-refractivity contribution in [3.63, 3.8) is 0 Å². The maximum absolute atomic E-state index is 12.2. The van der Waals surface area contributed by atoms with Gasteiger partial charge in [-0.3, -0.25) is 19.7 Å². The maximum Gasteiger partial charge on any atom is 0.253 e. The van der Waals surface area contributed by atoms with E-state index in [2.05, 4.69) is 20.3 Å². The second kappa shape index (κ2) is 6.17. The Morgan fingerprint density at radius 3 is 2.86 bits per heavy atom. The molecule has 0 aliphatic rings. The smallest absolute Gasteiger partial charge is 0.253 e. The van der Waals surface area contributed by atoms with Gasteiger partial charge in [0.1, 0.15) is 5.75 Å². The molecule has 2 heterocycles. The highest BCUT2D eigenvalue weighted by Crippen LogP contribution is 2.19. The fraction of sp³-hybridized carbons (Fsp3) is 0.125. The molecule has 0 atom stereocenters. The average molecular weight is 294 g/mol. The molecule has 22 heavy (non-hydrogen) atoms. The third-order valence-electron chi connectivity index (χ3n) is 3.20. The zero-order valence-electron chi connectivity index (χ0n) is 12.0. The Kier molecular flexibility index (Phi) is 3.91. The summed E-state index contributed by atoms with van der Waals surface area (Å²) in [4.78, 5) is 24.5. The van der Waals surface area contributed by atoms with Crippen molar-refractivity contribution in [2.45, 2.75) is 6.54 Å².